The molecule has 1 fully saturated rings. The van der Waals surface area contributed by atoms with Crippen LogP contribution in [-0.4, -0.2) is 41.1 Å². The third-order valence-electron chi connectivity index (χ3n) is 3.22. The van der Waals surface area contributed by atoms with E-state index in [0.29, 0.717) is 0 Å². The normalized spacial score (nSPS) is 15.2. The maximum atomic E-state index is 4.68. The van der Waals surface area contributed by atoms with E-state index in [4.69, 9.17) is 0 Å². The second-order valence-electron chi connectivity index (χ2n) is 4.87. The van der Waals surface area contributed by atoms with Gasteiger partial charge < -0.3 is 10.2 Å². The van der Waals surface area contributed by atoms with Crippen molar-refractivity contribution in [3.63, 3.8) is 0 Å². The third kappa shape index (κ3) is 4.66. The largest absolute Gasteiger partial charge is 0.341 e. The summed E-state index contributed by atoms with van der Waals surface area (Å²) in [4.78, 5) is 11.5. The van der Waals surface area contributed by atoms with E-state index < -0.39 is 0 Å². The van der Waals surface area contributed by atoms with E-state index in [2.05, 4.69) is 40.1 Å². The Balaban J connectivity index is 1.89. The molecular weight excluding hydrogens is 256 g/mol. The highest BCUT2D eigenvalue weighted by molar-refractivity contribution is 7.99. The number of rotatable bonds is 7. The lowest BCUT2D eigenvalue weighted by Crippen LogP contribution is -2.23. The molecule has 1 aromatic rings. The van der Waals surface area contributed by atoms with Gasteiger partial charge in [0.05, 0.1) is 5.69 Å². The summed E-state index contributed by atoms with van der Waals surface area (Å²) in [6.45, 7) is 8.33. The van der Waals surface area contributed by atoms with Crippen LogP contribution in [0, 0.1) is 6.92 Å². The van der Waals surface area contributed by atoms with E-state index >= 15 is 0 Å². The number of anilines is 1. The van der Waals surface area contributed by atoms with Crippen molar-refractivity contribution in [2.75, 3.05) is 36.0 Å². The Morgan fingerprint density at radius 3 is 2.84 bits per heavy atom. The van der Waals surface area contributed by atoms with Gasteiger partial charge in [0.1, 0.15) is 0 Å². The highest BCUT2D eigenvalue weighted by atomic mass is 32.2. The summed E-state index contributed by atoms with van der Waals surface area (Å²) >= 11 is 1.97. The van der Waals surface area contributed by atoms with Crippen molar-refractivity contribution in [2.24, 2.45) is 0 Å². The summed E-state index contributed by atoms with van der Waals surface area (Å²) in [7, 11) is 0. The van der Waals surface area contributed by atoms with Crippen molar-refractivity contribution in [3.8, 4) is 0 Å². The van der Waals surface area contributed by atoms with Gasteiger partial charge in [-0.3, -0.25) is 0 Å². The Hall–Kier alpha value is -0.810. The molecule has 1 saturated heterocycles. The van der Waals surface area contributed by atoms with Gasteiger partial charge >= 0.3 is 0 Å². The zero-order chi connectivity index (χ0) is 13.5. The van der Waals surface area contributed by atoms with Crippen molar-refractivity contribution in [1.29, 1.82) is 0 Å². The fraction of sp³-hybridized carbons (Fsp3) is 0.714. The maximum absolute atomic E-state index is 4.68. The van der Waals surface area contributed by atoms with Gasteiger partial charge in [-0.2, -0.15) is 11.8 Å². The number of nitrogens with zero attached hydrogens (tertiary/aromatic N) is 3. The van der Waals surface area contributed by atoms with Crippen molar-refractivity contribution in [1.82, 2.24) is 15.3 Å². The first-order chi connectivity index (χ1) is 9.29. The predicted octanol–water partition coefficient (Wildman–Crippen LogP) is 2.23. The van der Waals surface area contributed by atoms with Gasteiger partial charge in [-0.15, -0.1) is 0 Å². The average molecular weight is 280 g/mol. The van der Waals surface area contributed by atoms with E-state index in [1.807, 2.05) is 11.8 Å². The smallest absolute Gasteiger partial charge is 0.225 e. The highest BCUT2D eigenvalue weighted by Gasteiger charge is 2.15. The van der Waals surface area contributed by atoms with Gasteiger partial charge in [0.25, 0.3) is 0 Å². The first-order valence-corrected chi connectivity index (χ1v) is 8.33. The minimum Gasteiger partial charge on any atom is -0.341 e. The molecule has 0 bridgehead atoms. The summed E-state index contributed by atoms with van der Waals surface area (Å²) in [5, 5.41) is 3.45. The Bertz CT molecular complexity index is 391. The third-order valence-corrected chi connectivity index (χ3v) is 4.12. The highest BCUT2D eigenvalue weighted by Crippen LogP contribution is 2.16. The van der Waals surface area contributed by atoms with Crippen LogP contribution < -0.4 is 10.2 Å². The molecule has 0 atom stereocenters. The van der Waals surface area contributed by atoms with E-state index in [1.165, 1.54) is 24.3 Å². The van der Waals surface area contributed by atoms with Gasteiger partial charge in [-0.05, 0) is 31.6 Å². The lowest BCUT2D eigenvalue weighted by atomic mass is 10.3. The maximum Gasteiger partial charge on any atom is 0.225 e. The SMILES string of the molecule is CCSCCNCc1cc(C)nc(N2CCCC2)n1. The fourth-order valence-electron chi connectivity index (χ4n) is 2.27. The Morgan fingerprint density at radius 1 is 1.32 bits per heavy atom. The van der Waals surface area contributed by atoms with Gasteiger partial charge in [0.15, 0.2) is 0 Å². The molecule has 19 heavy (non-hydrogen) atoms. The second kappa shape index (κ2) is 7.70. The molecule has 0 aliphatic carbocycles. The minimum atomic E-state index is 0.842. The summed E-state index contributed by atoms with van der Waals surface area (Å²) < 4.78 is 0. The van der Waals surface area contributed by atoms with E-state index in [1.54, 1.807) is 0 Å². The molecule has 0 amide bonds. The minimum absolute atomic E-state index is 0.842. The number of nitrogens with one attached hydrogen (secondary N) is 1. The van der Waals surface area contributed by atoms with Crippen LogP contribution >= 0.6 is 11.8 Å². The number of hydrogen-bond acceptors (Lipinski definition) is 5. The van der Waals surface area contributed by atoms with Gasteiger partial charge in [-0.1, -0.05) is 6.92 Å². The summed E-state index contributed by atoms with van der Waals surface area (Å²) in [5.41, 5.74) is 2.17. The number of hydrogen-bond donors (Lipinski definition) is 1. The van der Waals surface area contributed by atoms with Crippen LogP contribution in [0.1, 0.15) is 31.2 Å². The zero-order valence-corrected chi connectivity index (χ0v) is 12.8. The van der Waals surface area contributed by atoms with Crippen LogP contribution in [-0.2, 0) is 6.54 Å². The predicted molar refractivity (Wildman–Crippen MR) is 82.9 cm³/mol. The molecule has 1 aliphatic heterocycles. The molecular formula is C14H24N4S. The molecule has 0 saturated carbocycles. The molecule has 1 aliphatic rings. The first kappa shape index (κ1) is 14.6. The van der Waals surface area contributed by atoms with E-state index in [9.17, 15) is 0 Å². The fourth-order valence-corrected chi connectivity index (χ4v) is 2.85. The molecule has 5 heteroatoms. The monoisotopic (exact) mass is 280 g/mol. The first-order valence-electron chi connectivity index (χ1n) is 7.17. The number of aryl methyl sites for hydroxylation is 1. The molecule has 0 aromatic carbocycles. The number of thioether (sulfide) groups is 1. The molecule has 0 unspecified atom stereocenters. The molecule has 106 valence electrons. The van der Waals surface area contributed by atoms with Crippen LogP contribution in [0.5, 0.6) is 0 Å². The Labute approximate surface area is 120 Å². The molecule has 2 rings (SSSR count). The lowest BCUT2D eigenvalue weighted by Gasteiger charge is -2.16. The number of aromatic nitrogens is 2. The second-order valence-corrected chi connectivity index (χ2v) is 6.26. The molecule has 2 heterocycles. The molecule has 0 spiro atoms. The van der Waals surface area contributed by atoms with Crippen LogP contribution in [0.4, 0.5) is 5.95 Å². The van der Waals surface area contributed by atoms with Crippen molar-refractivity contribution in [2.45, 2.75) is 33.2 Å². The molecule has 1 N–H and O–H groups in total. The van der Waals surface area contributed by atoms with Gasteiger partial charge in [-0.25, -0.2) is 9.97 Å². The quantitative estimate of drug-likeness (QED) is 0.776. The Morgan fingerprint density at radius 2 is 2.11 bits per heavy atom. The van der Waals surface area contributed by atoms with Crippen molar-refractivity contribution < 1.29 is 0 Å². The summed E-state index contributed by atoms with van der Waals surface area (Å²) in [6, 6.07) is 2.08. The topological polar surface area (TPSA) is 41.1 Å². The molecule has 4 nitrogen and oxygen atoms in total. The standard InChI is InChI=1S/C14H24N4S/c1-3-19-9-6-15-11-13-10-12(2)16-14(17-13)18-7-4-5-8-18/h10,15H,3-9,11H2,1-2H3. The summed E-state index contributed by atoms with van der Waals surface area (Å²) in [5.74, 6) is 3.27. The molecule has 0 radical (unpaired) electrons. The van der Waals surface area contributed by atoms with Gasteiger partial charge in [0, 0.05) is 37.6 Å². The zero-order valence-electron chi connectivity index (χ0n) is 12.0. The molecule has 1 aromatic heterocycles. The van der Waals surface area contributed by atoms with Gasteiger partial charge in [0.2, 0.25) is 5.95 Å². The Kier molecular flexibility index (Phi) is 5.92. The van der Waals surface area contributed by atoms with Crippen molar-refractivity contribution in [3.05, 3.63) is 17.5 Å². The van der Waals surface area contributed by atoms with Crippen molar-refractivity contribution >= 4 is 17.7 Å². The van der Waals surface area contributed by atoms with E-state index in [0.717, 1.165) is 43.5 Å². The van der Waals surface area contributed by atoms with Crippen LogP contribution in [0.3, 0.4) is 0 Å². The van der Waals surface area contributed by atoms with Crippen LogP contribution in [0.2, 0.25) is 0 Å². The average Bonchev–Trinajstić information content (AvgIpc) is 2.92. The summed E-state index contributed by atoms with van der Waals surface area (Å²) in [6.07, 6.45) is 2.53. The lowest BCUT2D eigenvalue weighted by molar-refractivity contribution is 0.708. The van der Waals surface area contributed by atoms with E-state index in [-0.39, 0.29) is 0 Å². The van der Waals surface area contributed by atoms with Crippen LogP contribution in [0.25, 0.3) is 0 Å². The van der Waals surface area contributed by atoms with Crippen LogP contribution in [0.15, 0.2) is 6.07 Å².